The quantitative estimate of drug-likeness (QED) is 0.663. The third kappa shape index (κ3) is 2.65. The van der Waals surface area contributed by atoms with Crippen molar-refractivity contribution >= 4 is 28.9 Å². The first kappa shape index (κ1) is 16.9. The number of nitrogens with one attached hydrogen (secondary N) is 1. The van der Waals surface area contributed by atoms with Crippen LogP contribution in [0.3, 0.4) is 0 Å². The molecular formula is C21H14ClFN2O3. The van der Waals surface area contributed by atoms with Crippen molar-refractivity contribution < 1.29 is 18.7 Å². The van der Waals surface area contributed by atoms with E-state index in [0.717, 1.165) is 11.3 Å². The second kappa shape index (κ2) is 6.42. The van der Waals surface area contributed by atoms with E-state index in [-0.39, 0.29) is 17.7 Å². The van der Waals surface area contributed by atoms with Gasteiger partial charge in [-0.25, -0.2) is 4.39 Å². The topological polar surface area (TPSA) is 50.8 Å². The number of hydrogen-bond acceptors (Lipinski definition) is 4. The van der Waals surface area contributed by atoms with Gasteiger partial charge in [0, 0.05) is 11.4 Å². The fourth-order valence-corrected chi connectivity index (χ4v) is 3.65. The average molecular weight is 397 g/mol. The maximum Gasteiger partial charge on any atom is 0.262 e. The Balaban J connectivity index is 1.65. The molecule has 28 heavy (non-hydrogen) atoms. The van der Waals surface area contributed by atoms with E-state index in [9.17, 15) is 9.18 Å². The van der Waals surface area contributed by atoms with Crippen molar-refractivity contribution in [3.63, 3.8) is 0 Å². The maximum absolute atomic E-state index is 13.7. The van der Waals surface area contributed by atoms with Crippen LogP contribution in [0.15, 0.2) is 60.7 Å². The summed E-state index contributed by atoms with van der Waals surface area (Å²) in [6.45, 7) is 0.163. The Kier molecular flexibility index (Phi) is 3.87. The fourth-order valence-electron chi connectivity index (χ4n) is 3.47. The van der Waals surface area contributed by atoms with E-state index in [2.05, 4.69) is 5.32 Å². The molecule has 1 N–H and O–H groups in total. The number of carbonyl (C=O) groups excluding carboxylic acids is 1. The molecule has 5 nitrogen and oxygen atoms in total. The summed E-state index contributed by atoms with van der Waals surface area (Å²) in [5, 5.41) is 3.34. The van der Waals surface area contributed by atoms with Gasteiger partial charge in [0.25, 0.3) is 5.91 Å². The Hall–Kier alpha value is -3.25. The van der Waals surface area contributed by atoms with Crippen molar-refractivity contribution in [3.8, 4) is 11.5 Å². The maximum atomic E-state index is 13.7. The highest BCUT2D eigenvalue weighted by atomic mass is 35.5. The minimum absolute atomic E-state index is 0.0476. The molecule has 2 heterocycles. The second-order valence-corrected chi connectivity index (χ2v) is 6.89. The average Bonchev–Trinajstić information content (AvgIpc) is 3.18. The standard InChI is InChI=1S/C21H14ClFN2O3/c22-15-10-13(6-7-16(15)23)25-20(12-5-8-18-19(9-12)28-11-27-18)24-17-4-2-1-3-14(17)21(25)26/h1-10,20,24H,11H2/t20-/m0/s1. The molecule has 2 aliphatic heterocycles. The summed E-state index contributed by atoms with van der Waals surface area (Å²) < 4.78 is 24.5. The molecule has 140 valence electrons. The summed E-state index contributed by atoms with van der Waals surface area (Å²) >= 11 is 5.98. The number of ether oxygens (including phenoxy) is 2. The fraction of sp³-hybridized carbons (Fsp3) is 0.0952. The normalized spacial score (nSPS) is 17.3. The van der Waals surface area contributed by atoms with Gasteiger partial charge in [-0.2, -0.15) is 0 Å². The number of benzene rings is 3. The SMILES string of the molecule is O=C1c2ccccc2N[C@H](c2ccc3c(c2)OCO3)N1c1ccc(F)c(Cl)c1. The summed E-state index contributed by atoms with van der Waals surface area (Å²) in [5.41, 5.74) is 2.54. The van der Waals surface area contributed by atoms with E-state index in [1.54, 1.807) is 23.1 Å². The molecule has 0 radical (unpaired) electrons. The lowest BCUT2D eigenvalue weighted by Crippen LogP contribution is -2.43. The Labute approximate surface area is 165 Å². The van der Waals surface area contributed by atoms with E-state index in [0.29, 0.717) is 22.7 Å². The minimum atomic E-state index is -0.539. The summed E-state index contributed by atoms with van der Waals surface area (Å²) in [7, 11) is 0. The molecule has 0 fully saturated rings. The predicted molar refractivity (Wildman–Crippen MR) is 104 cm³/mol. The van der Waals surface area contributed by atoms with Crippen LogP contribution in [0.1, 0.15) is 22.1 Å². The lowest BCUT2D eigenvalue weighted by molar-refractivity contribution is 0.0975. The van der Waals surface area contributed by atoms with E-state index < -0.39 is 12.0 Å². The van der Waals surface area contributed by atoms with Crippen molar-refractivity contribution in [2.75, 3.05) is 17.0 Å². The zero-order chi connectivity index (χ0) is 19.3. The highest BCUT2D eigenvalue weighted by Gasteiger charge is 2.35. The van der Waals surface area contributed by atoms with Crippen molar-refractivity contribution in [1.29, 1.82) is 0 Å². The van der Waals surface area contributed by atoms with Crippen LogP contribution < -0.4 is 19.7 Å². The summed E-state index contributed by atoms with van der Waals surface area (Å²) in [5.74, 6) is 0.521. The van der Waals surface area contributed by atoms with Crippen LogP contribution in [-0.2, 0) is 0 Å². The zero-order valence-corrected chi connectivity index (χ0v) is 15.2. The first-order valence-electron chi connectivity index (χ1n) is 8.65. The molecule has 0 aliphatic carbocycles. The Morgan fingerprint density at radius 3 is 2.71 bits per heavy atom. The molecule has 0 unspecified atom stereocenters. The number of amides is 1. The van der Waals surface area contributed by atoms with Crippen LogP contribution in [0, 0.1) is 5.82 Å². The van der Waals surface area contributed by atoms with Crippen molar-refractivity contribution in [2.24, 2.45) is 0 Å². The smallest absolute Gasteiger partial charge is 0.262 e. The molecule has 0 saturated heterocycles. The number of para-hydroxylation sites is 1. The molecule has 7 heteroatoms. The number of nitrogens with zero attached hydrogens (tertiary/aromatic N) is 1. The van der Waals surface area contributed by atoms with E-state index in [1.807, 2.05) is 24.3 Å². The molecule has 0 saturated carbocycles. The summed E-state index contributed by atoms with van der Waals surface area (Å²) in [6, 6.07) is 17.0. The van der Waals surface area contributed by atoms with Crippen molar-refractivity contribution in [1.82, 2.24) is 0 Å². The Bertz CT molecular complexity index is 1100. The first-order chi connectivity index (χ1) is 13.6. The van der Waals surface area contributed by atoms with E-state index in [1.165, 1.54) is 18.2 Å². The Morgan fingerprint density at radius 2 is 1.86 bits per heavy atom. The van der Waals surface area contributed by atoms with Gasteiger partial charge in [-0.05, 0) is 48.0 Å². The number of anilines is 2. The van der Waals surface area contributed by atoms with E-state index in [4.69, 9.17) is 21.1 Å². The highest BCUT2D eigenvalue weighted by molar-refractivity contribution is 6.31. The number of rotatable bonds is 2. The third-order valence-electron chi connectivity index (χ3n) is 4.82. The predicted octanol–water partition coefficient (Wildman–Crippen LogP) is 4.98. The zero-order valence-electron chi connectivity index (χ0n) is 14.5. The Morgan fingerprint density at radius 1 is 1.04 bits per heavy atom. The molecule has 2 aliphatic rings. The van der Waals surface area contributed by atoms with Gasteiger partial charge in [-0.1, -0.05) is 29.8 Å². The number of fused-ring (bicyclic) bond motifs is 2. The minimum Gasteiger partial charge on any atom is -0.454 e. The van der Waals surface area contributed by atoms with Crippen LogP contribution in [0.25, 0.3) is 0 Å². The molecule has 1 atom stereocenters. The van der Waals surface area contributed by atoms with Gasteiger partial charge in [0.1, 0.15) is 12.0 Å². The number of hydrogen-bond donors (Lipinski definition) is 1. The summed E-state index contributed by atoms with van der Waals surface area (Å²) in [4.78, 5) is 14.9. The van der Waals surface area contributed by atoms with Crippen LogP contribution in [0.4, 0.5) is 15.8 Å². The van der Waals surface area contributed by atoms with Gasteiger partial charge >= 0.3 is 0 Å². The lowest BCUT2D eigenvalue weighted by Gasteiger charge is -2.38. The molecule has 5 rings (SSSR count). The van der Waals surface area contributed by atoms with Crippen LogP contribution in [0.2, 0.25) is 5.02 Å². The molecule has 0 aromatic heterocycles. The van der Waals surface area contributed by atoms with Gasteiger partial charge in [-0.3, -0.25) is 9.69 Å². The molecule has 0 spiro atoms. The monoisotopic (exact) mass is 396 g/mol. The lowest BCUT2D eigenvalue weighted by atomic mass is 10.0. The van der Waals surface area contributed by atoms with Gasteiger partial charge in [-0.15, -0.1) is 0 Å². The molecule has 1 amide bonds. The largest absolute Gasteiger partial charge is 0.454 e. The van der Waals surface area contributed by atoms with Crippen LogP contribution in [-0.4, -0.2) is 12.7 Å². The van der Waals surface area contributed by atoms with Gasteiger partial charge in [0.15, 0.2) is 11.5 Å². The van der Waals surface area contributed by atoms with E-state index >= 15 is 0 Å². The molecule has 3 aromatic rings. The molecular weight excluding hydrogens is 383 g/mol. The van der Waals surface area contributed by atoms with Crippen molar-refractivity contribution in [2.45, 2.75) is 6.17 Å². The van der Waals surface area contributed by atoms with Gasteiger partial charge in [0.2, 0.25) is 6.79 Å². The number of carbonyl (C=O) groups is 1. The van der Waals surface area contributed by atoms with Gasteiger partial charge < -0.3 is 14.8 Å². The van der Waals surface area contributed by atoms with Gasteiger partial charge in [0.05, 0.1) is 10.6 Å². The van der Waals surface area contributed by atoms with Crippen molar-refractivity contribution in [3.05, 3.63) is 82.6 Å². The third-order valence-corrected chi connectivity index (χ3v) is 5.11. The first-order valence-corrected chi connectivity index (χ1v) is 9.03. The van der Waals surface area contributed by atoms with Crippen LogP contribution >= 0.6 is 11.6 Å². The molecule has 3 aromatic carbocycles. The molecule has 0 bridgehead atoms. The highest BCUT2D eigenvalue weighted by Crippen LogP contribution is 2.41. The summed E-state index contributed by atoms with van der Waals surface area (Å²) in [6.07, 6.45) is -0.529. The number of halogens is 2. The van der Waals surface area contributed by atoms with Crippen LogP contribution in [0.5, 0.6) is 11.5 Å². The second-order valence-electron chi connectivity index (χ2n) is 6.48.